The third-order valence-electron chi connectivity index (χ3n) is 5.02. The van der Waals surface area contributed by atoms with E-state index in [0.717, 1.165) is 30.0 Å². The number of methoxy groups -OCH3 is 1. The summed E-state index contributed by atoms with van der Waals surface area (Å²) >= 11 is 5.95. The second-order valence-corrected chi connectivity index (χ2v) is 9.36. The summed E-state index contributed by atoms with van der Waals surface area (Å²) < 4.78 is 32.9. The molecule has 0 saturated heterocycles. The molecule has 1 amide bonds. The Labute approximate surface area is 176 Å². The normalized spacial score (nSPS) is 15.0. The van der Waals surface area contributed by atoms with Gasteiger partial charge in [0.1, 0.15) is 12.3 Å². The van der Waals surface area contributed by atoms with Crippen molar-refractivity contribution in [2.24, 2.45) is 0 Å². The monoisotopic (exact) mass is 436 g/mol. The van der Waals surface area contributed by atoms with Crippen molar-refractivity contribution in [1.29, 1.82) is 0 Å². The van der Waals surface area contributed by atoms with Crippen LogP contribution in [0.3, 0.4) is 0 Å². The highest BCUT2D eigenvalue weighted by Gasteiger charge is 2.28. The number of ether oxygens (including phenoxy) is 1. The molecule has 0 heterocycles. The van der Waals surface area contributed by atoms with Gasteiger partial charge in [-0.25, -0.2) is 8.42 Å². The number of halogens is 1. The first-order valence-corrected chi connectivity index (χ1v) is 11.4. The Balaban J connectivity index is 1.87. The SMILES string of the molecule is COc1ccc(S(=O)(=O)N(CC(=O)NC2CCCCC2)c2ccc(Cl)cc2)cc1. The van der Waals surface area contributed by atoms with Crippen molar-refractivity contribution in [3.63, 3.8) is 0 Å². The minimum atomic E-state index is -3.95. The van der Waals surface area contributed by atoms with Crippen molar-refractivity contribution in [2.45, 2.75) is 43.0 Å². The predicted octanol–water partition coefficient (Wildman–Crippen LogP) is 3.99. The van der Waals surface area contributed by atoms with Crippen molar-refractivity contribution < 1.29 is 17.9 Å². The minimum absolute atomic E-state index is 0.0821. The summed E-state index contributed by atoms with van der Waals surface area (Å²) in [7, 11) is -2.44. The van der Waals surface area contributed by atoms with Gasteiger partial charge in [0, 0.05) is 11.1 Å². The minimum Gasteiger partial charge on any atom is -0.497 e. The van der Waals surface area contributed by atoms with E-state index in [1.807, 2.05) is 0 Å². The molecule has 3 rings (SSSR count). The smallest absolute Gasteiger partial charge is 0.264 e. The van der Waals surface area contributed by atoms with E-state index in [0.29, 0.717) is 16.5 Å². The molecule has 2 aromatic carbocycles. The molecule has 29 heavy (non-hydrogen) atoms. The van der Waals surface area contributed by atoms with Gasteiger partial charge in [-0.2, -0.15) is 0 Å². The van der Waals surface area contributed by atoms with E-state index in [9.17, 15) is 13.2 Å². The Morgan fingerprint density at radius 3 is 2.28 bits per heavy atom. The van der Waals surface area contributed by atoms with E-state index in [1.165, 1.54) is 25.7 Å². The summed E-state index contributed by atoms with van der Waals surface area (Å²) in [6.45, 7) is -0.299. The molecule has 1 aliphatic carbocycles. The fourth-order valence-electron chi connectivity index (χ4n) is 3.45. The number of hydrogen-bond donors (Lipinski definition) is 1. The van der Waals surface area contributed by atoms with Gasteiger partial charge in [-0.05, 0) is 61.4 Å². The van der Waals surface area contributed by atoms with Gasteiger partial charge in [0.15, 0.2) is 0 Å². The molecular formula is C21H25ClN2O4S. The lowest BCUT2D eigenvalue weighted by Crippen LogP contribution is -2.44. The van der Waals surface area contributed by atoms with Crippen LogP contribution in [-0.4, -0.2) is 34.0 Å². The van der Waals surface area contributed by atoms with Crippen LogP contribution >= 0.6 is 11.6 Å². The molecule has 1 fully saturated rings. The highest BCUT2D eigenvalue weighted by atomic mass is 35.5. The van der Waals surface area contributed by atoms with Crippen LogP contribution in [0.4, 0.5) is 5.69 Å². The highest BCUT2D eigenvalue weighted by molar-refractivity contribution is 7.92. The molecule has 0 radical (unpaired) electrons. The van der Waals surface area contributed by atoms with Gasteiger partial charge in [0.25, 0.3) is 10.0 Å². The quantitative estimate of drug-likeness (QED) is 0.711. The summed E-state index contributed by atoms with van der Waals surface area (Å²) in [4.78, 5) is 12.8. The van der Waals surface area contributed by atoms with Crippen LogP contribution in [0, 0.1) is 0 Å². The van der Waals surface area contributed by atoms with E-state index in [-0.39, 0.29) is 23.4 Å². The molecule has 0 bridgehead atoms. The maximum atomic E-state index is 13.3. The summed E-state index contributed by atoms with van der Waals surface area (Å²) in [6, 6.07) is 12.6. The highest BCUT2D eigenvalue weighted by Crippen LogP contribution is 2.26. The number of sulfonamides is 1. The molecule has 1 N–H and O–H groups in total. The van der Waals surface area contributed by atoms with Crippen LogP contribution < -0.4 is 14.4 Å². The van der Waals surface area contributed by atoms with Gasteiger partial charge in [0.05, 0.1) is 17.7 Å². The first-order chi connectivity index (χ1) is 13.9. The summed E-state index contributed by atoms with van der Waals surface area (Å²) in [5.41, 5.74) is 0.379. The predicted molar refractivity (Wildman–Crippen MR) is 114 cm³/mol. The third kappa shape index (κ3) is 5.42. The number of benzene rings is 2. The van der Waals surface area contributed by atoms with E-state index < -0.39 is 10.0 Å². The molecule has 2 aromatic rings. The zero-order valence-corrected chi connectivity index (χ0v) is 17.9. The molecule has 8 heteroatoms. The lowest BCUT2D eigenvalue weighted by atomic mass is 9.95. The van der Waals surface area contributed by atoms with Crippen molar-refractivity contribution in [1.82, 2.24) is 5.32 Å². The van der Waals surface area contributed by atoms with Crippen molar-refractivity contribution in [2.75, 3.05) is 18.0 Å². The Morgan fingerprint density at radius 2 is 1.69 bits per heavy atom. The zero-order valence-electron chi connectivity index (χ0n) is 16.3. The fraction of sp³-hybridized carbons (Fsp3) is 0.381. The largest absolute Gasteiger partial charge is 0.497 e. The number of hydrogen-bond acceptors (Lipinski definition) is 4. The van der Waals surface area contributed by atoms with Gasteiger partial charge in [-0.3, -0.25) is 9.10 Å². The molecule has 0 aromatic heterocycles. The maximum absolute atomic E-state index is 13.3. The van der Waals surface area contributed by atoms with Crippen molar-refractivity contribution in [3.8, 4) is 5.75 Å². The van der Waals surface area contributed by atoms with Crippen LogP contribution in [0.5, 0.6) is 5.75 Å². The number of anilines is 1. The first-order valence-electron chi connectivity index (χ1n) is 9.62. The molecular weight excluding hydrogens is 412 g/mol. The van der Waals surface area contributed by atoms with Crippen LogP contribution in [0.1, 0.15) is 32.1 Å². The summed E-state index contributed by atoms with van der Waals surface area (Å²) in [5.74, 6) is 0.237. The lowest BCUT2D eigenvalue weighted by Gasteiger charge is -2.27. The van der Waals surface area contributed by atoms with Crippen LogP contribution in [0.15, 0.2) is 53.4 Å². The maximum Gasteiger partial charge on any atom is 0.264 e. The topological polar surface area (TPSA) is 75.7 Å². The average molecular weight is 437 g/mol. The van der Waals surface area contributed by atoms with Gasteiger partial charge < -0.3 is 10.1 Å². The molecule has 1 saturated carbocycles. The molecule has 156 valence electrons. The Kier molecular flexibility index (Phi) is 7.03. The Bertz CT molecular complexity index is 924. The van der Waals surface area contributed by atoms with Crippen LogP contribution in [-0.2, 0) is 14.8 Å². The van der Waals surface area contributed by atoms with E-state index in [4.69, 9.17) is 16.3 Å². The molecule has 6 nitrogen and oxygen atoms in total. The lowest BCUT2D eigenvalue weighted by molar-refractivity contribution is -0.120. The van der Waals surface area contributed by atoms with Crippen LogP contribution in [0.2, 0.25) is 5.02 Å². The summed E-state index contributed by atoms with van der Waals surface area (Å²) in [5, 5.41) is 3.47. The molecule has 0 atom stereocenters. The third-order valence-corrected chi connectivity index (χ3v) is 7.06. The van der Waals surface area contributed by atoms with Gasteiger partial charge in [-0.1, -0.05) is 30.9 Å². The zero-order chi connectivity index (χ0) is 20.9. The molecule has 0 spiro atoms. The summed E-state index contributed by atoms with van der Waals surface area (Å²) in [6.07, 6.45) is 5.19. The number of amides is 1. The number of nitrogens with one attached hydrogen (secondary N) is 1. The average Bonchev–Trinajstić information content (AvgIpc) is 2.73. The fourth-order valence-corrected chi connectivity index (χ4v) is 4.99. The Morgan fingerprint density at radius 1 is 1.07 bits per heavy atom. The van der Waals surface area contributed by atoms with E-state index in [1.54, 1.807) is 36.4 Å². The van der Waals surface area contributed by atoms with Gasteiger partial charge in [-0.15, -0.1) is 0 Å². The number of nitrogens with zero attached hydrogens (tertiary/aromatic N) is 1. The van der Waals surface area contributed by atoms with Gasteiger partial charge >= 0.3 is 0 Å². The Hall–Kier alpha value is -2.25. The van der Waals surface area contributed by atoms with Crippen molar-refractivity contribution in [3.05, 3.63) is 53.6 Å². The standard InChI is InChI=1S/C21H25ClN2O4S/c1-28-19-11-13-20(14-12-19)29(26,27)24(18-9-7-16(22)8-10-18)15-21(25)23-17-5-3-2-4-6-17/h7-14,17H,2-6,15H2,1H3,(H,23,25). The number of rotatable bonds is 7. The second kappa shape index (κ2) is 9.50. The van der Waals surface area contributed by atoms with E-state index in [2.05, 4.69) is 5.32 Å². The van der Waals surface area contributed by atoms with Gasteiger partial charge in [0.2, 0.25) is 5.91 Å². The number of carbonyl (C=O) groups excluding carboxylic acids is 1. The number of carbonyl (C=O) groups is 1. The van der Waals surface area contributed by atoms with Crippen molar-refractivity contribution >= 4 is 33.2 Å². The second-order valence-electron chi connectivity index (χ2n) is 7.07. The first kappa shape index (κ1) is 21.5. The molecule has 1 aliphatic rings. The molecule has 0 unspecified atom stereocenters. The van der Waals surface area contributed by atoms with E-state index >= 15 is 0 Å². The molecule has 0 aliphatic heterocycles. The van der Waals surface area contributed by atoms with Crippen LogP contribution in [0.25, 0.3) is 0 Å².